The van der Waals surface area contributed by atoms with Crippen molar-refractivity contribution in [2.45, 2.75) is 57.0 Å². The molecule has 0 fully saturated rings. The molecule has 6 nitrogen and oxygen atoms in total. The molecule has 1 aliphatic heterocycles. The number of benzene rings is 2. The Bertz CT molecular complexity index is 986. The highest BCUT2D eigenvalue weighted by atomic mass is 32.2. The van der Waals surface area contributed by atoms with Crippen molar-refractivity contribution in [2.75, 3.05) is 12.0 Å². The summed E-state index contributed by atoms with van der Waals surface area (Å²) in [6, 6.07) is 12.6. The van der Waals surface area contributed by atoms with E-state index in [0.717, 1.165) is 29.0 Å². The molecule has 2 atom stereocenters. The number of hydrogen-bond donors (Lipinski definition) is 1. The van der Waals surface area contributed by atoms with E-state index < -0.39 is 10.0 Å². The number of ether oxygens (including phenoxy) is 1. The number of fused-ring (bicyclic) bond motifs is 1. The van der Waals surface area contributed by atoms with Crippen LogP contribution in [0.2, 0.25) is 0 Å². The molecular formula is C22H28N2O4S. The minimum atomic E-state index is -3.62. The van der Waals surface area contributed by atoms with E-state index in [-0.39, 0.29) is 22.9 Å². The van der Waals surface area contributed by atoms with E-state index in [1.165, 1.54) is 6.92 Å². The van der Waals surface area contributed by atoms with Crippen LogP contribution >= 0.6 is 0 Å². The first-order chi connectivity index (χ1) is 13.7. The van der Waals surface area contributed by atoms with Crippen molar-refractivity contribution in [1.82, 2.24) is 4.72 Å². The Balaban J connectivity index is 1.66. The van der Waals surface area contributed by atoms with E-state index in [2.05, 4.69) is 4.72 Å². The summed E-state index contributed by atoms with van der Waals surface area (Å²) in [5.41, 5.74) is 2.82. The highest BCUT2D eigenvalue weighted by Crippen LogP contribution is 2.33. The highest BCUT2D eigenvalue weighted by Gasteiger charge is 2.30. The number of nitrogens with one attached hydrogen (secondary N) is 1. The van der Waals surface area contributed by atoms with Gasteiger partial charge in [-0.25, -0.2) is 13.1 Å². The zero-order valence-corrected chi connectivity index (χ0v) is 18.1. The van der Waals surface area contributed by atoms with Crippen molar-refractivity contribution in [3.63, 3.8) is 0 Å². The van der Waals surface area contributed by atoms with Gasteiger partial charge in [-0.2, -0.15) is 0 Å². The Labute approximate surface area is 172 Å². The van der Waals surface area contributed by atoms with Gasteiger partial charge in [0.05, 0.1) is 12.0 Å². The summed E-state index contributed by atoms with van der Waals surface area (Å²) < 4.78 is 33.6. The van der Waals surface area contributed by atoms with Gasteiger partial charge in [0.2, 0.25) is 15.9 Å². The minimum Gasteiger partial charge on any atom is -0.497 e. The van der Waals surface area contributed by atoms with Crippen molar-refractivity contribution in [1.29, 1.82) is 0 Å². The number of nitrogens with zero attached hydrogens (tertiary/aromatic N) is 1. The van der Waals surface area contributed by atoms with Crippen LogP contribution in [0.3, 0.4) is 0 Å². The van der Waals surface area contributed by atoms with E-state index in [0.29, 0.717) is 12.8 Å². The van der Waals surface area contributed by atoms with Crippen LogP contribution in [0.5, 0.6) is 5.75 Å². The van der Waals surface area contributed by atoms with Gasteiger partial charge in [0.15, 0.2) is 0 Å². The van der Waals surface area contributed by atoms with Crippen molar-refractivity contribution < 1.29 is 17.9 Å². The molecule has 1 heterocycles. The molecule has 1 aliphatic rings. The van der Waals surface area contributed by atoms with Gasteiger partial charge in [0, 0.05) is 24.7 Å². The van der Waals surface area contributed by atoms with E-state index >= 15 is 0 Å². The molecule has 1 N–H and O–H groups in total. The maximum Gasteiger partial charge on any atom is 0.240 e. The summed E-state index contributed by atoms with van der Waals surface area (Å²) in [7, 11) is -2.00. The summed E-state index contributed by atoms with van der Waals surface area (Å²) in [5.74, 6) is 0.772. The second-order valence-corrected chi connectivity index (χ2v) is 9.36. The molecule has 29 heavy (non-hydrogen) atoms. The quantitative estimate of drug-likeness (QED) is 0.751. The number of carbonyl (C=O) groups is 1. The lowest BCUT2D eigenvalue weighted by atomic mass is 10.1. The summed E-state index contributed by atoms with van der Waals surface area (Å²) in [5, 5.41) is 0. The molecule has 156 valence electrons. The number of rotatable bonds is 7. The van der Waals surface area contributed by atoms with Crippen molar-refractivity contribution in [2.24, 2.45) is 0 Å². The molecule has 2 aromatic rings. The maximum atomic E-state index is 12.8. The number of carbonyl (C=O) groups excluding carboxylic acids is 1. The Morgan fingerprint density at radius 1 is 1.24 bits per heavy atom. The molecule has 3 rings (SSSR count). The summed E-state index contributed by atoms with van der Waals surface area (Å²) >= 11 is 0. The number of hydrogen-bond acceptors (Lipinski definition) is 4. The SMILES string of the molecule is COc1ccc(CCC(C)NS(=O)(=O)c2ccc3c(c2)CC(C)N3C(C)=O)cc1. The molecular weight excluding hydrogens is 388 g/mol. The van der Waals surface area contributed by atoms with Crippen LogP contribution in [-0.2, 0) is 27.7 Å². The van der Waals surface area contributed by atoms with Gasteiger partial charge in [-0.15, -0.1) is 0 Å². The van der Waals surface area contributed by atoms with Crippen LogP contribution in [0.15, 0.2) is 47.4 Å². The van der Waals surface area contributed by atoms with Crippen LogP contribution in [0.1, 0.15) is 38.3 Å². The van der Waals surface area contributed by atoms with Crippen molar-refractivity contribution in [3.8, 4) is 5.75 Å². The van der Waals surface area contributed by atoms with Gasteiger partial charge in [0.1, 0.15) is 5.75 Å². The van der Waals surface area contributed by atoms with Gasteiger partial charge in [0.25, 0.3) is 0 Å². The first-order valence-electron chi connectivity index (χ1n) is 9.79. The molecule has 0 saturated heterocycles. The molecule has 0 saturated carbocycles. The van der Waals surface area contributed by atoms with Crippen molar-refractivity contribution in [3.05, 3.63) is 53.6 Å². The van der Waals surface area contributed by atoms with Crippen LogP contribution in [0, 0.1) is 0 Å². The summed E-state index contributed by atoms with van der Waals surface area (Å²) in [4.78, 5) is 13.8. The average Bonchev–Trinajstić information content (AvgIpc) is 3.01. The first-order valence-corrected chi connectivity index (χ1v) is 11.3. The lowest BCUT2D eigenvalue weighted by Crippen LogP contribution is -2.33. The van der Waals surface area contributed by atoms with E-state index in [9.17, 15) is 13.2 Å². The molecule has 0 aliphatic carbocycles. The maximum absolute atomic E-state index is 12.8. The number of sulfonamides is 1. The topological polar surface area (TPSA) is 75.7 Å². The third kappa shape index (κ3) is 4.79. The van der Waals surface area contributed by atoms with Gasteiger partial charge in [-0.1, -0.05) is 12.1 Å². The lowest BCUT2D eigenvalue weighted by Gasteiger charge is -2.20. The average molecular weight is 417 g/mol. The molecule has 2 unspecified atom stereocenters. The molecule has 2 aromatic carbocycles. The van der Waals surface area contributed by atoms with Crippen LogP contribution in [-0.4, -0.2) is 33.5 Å². The third-order valence-corrected chi connectivity index (χ3v) is 6.88. The Kier molecular flexibility index (Phi) is 6.29. The first kappa shape index (κ1) is 21.3. The lowest BCUT2D eigenvalue weighted by molar-refractivity contribution is -0.116. The second-order valence-electron chi connectivity index (χ2n) is 7.64. The fraction of sp³-hybridized carbons (Fsp3) is 0.409. The van der Waals surface area contributed by atoms with E-state index in [4.69, 9.17) is 4.74 Å². The number of anilines is 1. The molecule has 7 heteroatoms. The summed E-state index contributed by atoms with van der Waals surface area (Å²) in [6.07, 6.45) is 2.11. The predicted octanol–water partition coefficient (Wildman–Crippen LogP) is 3.29. The second kappa shape index (κ2) is 8.55. The minimum absolute atomic E-state index is 0.0304. The number of aryl methyl sites for hydroxylation is 1. The third-order valence-electron chi connectivity index (χ3n) is 5.30. The zero-order chi connectivity index (χ0) is 21.2. The van der Waals surface area contributed by atoms with Crippen LogP contribution in [0.25, 0.3) is 0 Å². The Hall–Kier alpha value is -2.38. The fourth-order valence-electron chi connectivity index (χ4n) is 3.82. The number of amides is 1. The van der Waals surface area contributed by atoms with Crippen LogP contribution < -0.4 is 14.4 Å². The van der Waals surface area contributed by atoms with E-state index in [1.54, 1.807) is 30.2 Å². The van der Waals surface area contributed by atoms with E-state index in [1.807, 2.05) is 38.1 Å². The monoisotopic (exact) mass is 416 g/mol. The summed E-state index contributed by atoms with van der Waals surface area (Å²) in [6.45, 7) is 5.37. The van der Waals surface area contributed by atoms with Crippen LogP contribution in [0.4, 0.5) is 5.69 Å². The molecule has 0 radical (unpaired) electrons. The van der Waals surface area contributed by atoms with Gasteiger partial charge < -0.3 is 9.64 Å². The van der Waals surface area contributed by atoms with Gasteiger partial charge in [-0.3, -0.25) is 4.79 Å². The van der Waals surface area contributed by atoms with Gasteiger partial charge >= 0.3 is 0 Å². The Morgan fingerprint density at radius 2 is 1.93 bits per heavy atom. The fourth-order valence-corrected chi connectivity index (χ4v) is 5.15. The zero-order valence-electron chi connectivity index (χ0n) is 17.3. The molecule has 0 bridgehead atoms. The Morgan fingerprint density at radius 3 is 2.55 bits per heavy atom. The number of methoxy groups -OCH3 is 1. The smallest absolute Gasteiger partial charge is 0.240 e. The predicted molar refractivity (Wildman–Crippen MR) is 114 cm³/mol. The largest absolute Gasteiger partial charge is 0.497 e. The normalized spacial score (nSPS) is 17.1. The molecule has 0 spiro atoms. The standard InChI is InChI=1S/C22H28N2O4S/c1-15(5-6-18-7-9-20(28-4)10-8-18)23-29(26,27)21-11-12-22-19(14-21)13-16(2)24(22)17(3)25/h7-12,14-16,23H,5-6,13H2,1-4H3. The van der Waals surface area contributed by atoms with Gasteiger partial charge in [-0.05, 0) is 74.6 Å². The molecule has 0 aromatic heterocycles. The van der Waals surface area contributed by atoms with Crippen molar-refractivity contribution >= 4 is 21.6 Å². The molecule has 1 amide bonds. The highest BCUT2D eigenvalue weighted by molar-refractivity contribution is 7.89.